The van der Waals surface area contributed by atoms with E-state index in [2.05, 4.69) is 0 Å². The van der Waals surface area contributed by atoms with Crippen LogP contribution in [0.4, 0.5) is 0 Å². The van der Waals surface area contributed by atoms with Crippen molar-refractivity contribution >= 4 is 28.4 Å². The molecule has 0 aliphatic rings. The van der Waals surface area contributed by atoms with Crippen molar-refractivity contribution in [2.24, 2.45) is 0 Å². The summed E-state index contributed by atoms with van der Waals surface area (Å²) in [6.45, 7) is 0. The number of benzene rings is 2. The van der Waals surface area contributed by atoms with Gasteiger partial charge < -0.3 is 4.42 Å². The minimum absolute atomic E-state index is 0.00552. The molecule has 3 nitrogen and oxygen atoms in total. The van der Waals surface area contributed by atoms with Gasteiger partial charge in [-0.25, -0.2) is 4.79 Å². The Morgan fingerprint density at radius 1 is 1.00 bits per heavy atom. The normalized spacial score (nSPS) is 10.7. The van der Waals surface area contributed by atoms with Gasteiger partial charge in [0.15, 0.2) is 5.78 Å². The van der Waals surface area contributed by atoms with E-state index in [0.29, 0.717) is 21.6 Å². The molecule has 0 saturated heterocycles. The summed E-state index contributed by atoms with van der Waals surface area (Å²) in [5.74, 6) is -0.360. The maximum Gasteiger partial charge on any atom is 0.347 e. The predicted molar refractivity (Wildman–Crippen MR) is 77.4 cm³/mol. The van der Waals surface area contributed by atoms with Crippen LogP contribution in [0.5, 0.6) is 0 Å². The van der Waals surface area contributed by atoms with Crippen molar-refractivity contribution < 1.29 is 9.21 Å². The highest BCUT2D eigenvalue weighted by Gasteiger charge is 2.15. The van der Waals surface area contributed by atoms with Gasteiger partial charge in [-0.1, -0.05) is 41.9 Å². The maximum atomic E-state index is 12.3. The first-order valence-electron chi connectivity index (χ1n) is 5.98. The lowest BCUT2D eigenvalue weighted by Gasteiger charge is -2.02. The molecule has 0 aliphatic carbocycles. The highest BCUT2D eigenvalue weighted by molar-refractivity contribution is 6.31. The van der Waals surface area contributed by atoms with E-state index >= 15 is 0 Å². The second kappa shape index (κ2) is 4.94. The number of rotatable bonds is 2. The first-order valence-corrected chi connectivity index (χ1v) is 6.36. The third kappa shape index (κ3) is 2.24. The second-order valence-electron chi connectivity index (χ2n) is 4.32. The summed E-state index contributed by atoms with van der Waals surface area (Å²) < 4.78 is 5.16. The van der Waals surface area contributed by atoms with E-state index in [0.717, 1.165) is 0 Å². The van der Waals surface area contributed by atoms with Gasteiger partial charge in [-0.2, -0.15) is 0 Å². The Bertz CT molecular complexity index is 850. The minimum atomic E-state index is -0.645. The number of fused-ring (bicyclic) bond motifs is 1. The van der Waals surface area contributed by atoms with Crippen LogP contribution < -0.4 is 5.63 Å². The Morgan fingerprint density at radius 3 is 2.50 bits per heavy atom. The van der Waals surface area contributed by atoms with Gasteiger partial charge in [0.2, 0.25) is 0 Å². The fourth-order valence-corrected chi connectivity index (χ4v) is 2.18. The summed E-state index contributed by atoms with van der Waals surface area (Å²) in [4.78, 5) is 24.2. The van der Waals surface area contributed by atoms with E-state index in [1.807, 2.05) is 0 Å². The summed E-state index contributed by atoms with van der Waals surface area (Å²) in [5.41, 5.74) is 0.213. The van der Waals surface area contributed by atoms with Gasteiger partial charge in [0.1, 0.15) is 11.1 Å². The molecule has 0 N–H and O–H groups in total. The maximum absolute atomic E-state index is 12.3. The monoisotopic (exact) mass is 284 g/mol. The number of hydrogen-bond acceptors (Lipinski definition) is 3. The van der Waals surface area contributed by atoms with Crippen LogP contribution in [0.2, 0.25) is 5.02 Å². The predicted octanol–water partition coefficient (Wildman–Crippen LogP) is 3.68. The van der Waals surface area contributed by atoms with Gasteiger partial charge in [-0.05, 0) is 24.3 Å². The van der Waals surface area contributed by atoms with Crippen LogP contribution in [-0.4, -0.2) is 5.78 Å². The van der Waals surface area contributed by atoms with E-state index < -0.39 is 5.63 Å². The third-order valence-corrected chi connectivity index (χ3v) is 3.21. The molecule has 0 aliphatic heterocycles. The van der Waals surface area contributed by atoms with Gasteiger partial charge >= 0.3 is 5.63 Å². The molecule has 98 valence electrons. The van der Waals surface area contributed by atoms with Gasteiger partial charge in [-0.3, -0.25) is 4.79 Å². The zero-order valence-electron chi connectivity index (χ0n) is 10.3. The molecular weight excluding hydrogens is 276 g/mol. The molecule has 1 aromatic heterocycles. The Morgan fingerprint density at radius 2 is 1.75 bits per heavy atom. The van der Waals surface area contributed by atoms with Gasteiger partial charge in [0.25, 0.3) is 0 Å². The van der Waals surface area contributed by atoms with Crippen molar-refractivity contribution in [3.05, 3.63) is 81.2 Å². The minimum Gasteiger partial charge on any atom is -0.422 e. The van der Waals surface area contributed by atoms with Crippen LogP contribution in [-0.2, 0) is 0 Å². The van der Waals surface area contributed by atoms with E-state index in [4.69, 9.17) is 16.0 Å². The standard InChI is InChI=1S/C16H9ClO3/c17-12-6-7-14-11(8-12)9-13(16(19)20-14)15(18)10-4-2-1-3-5-10/h1-9H. The Hall–Kier alpha value is -2.39. The smallest absolute Gasteiger partial charge is 0.347 e. The van der Waals surface area contributed by atoms with E-state index in [9.17, 15) is 9.59 Å². The SMILES string of the molecule is O=C(c1ccccc1)c1cc2cc(Cl)ccc2oc1=O. The van der Waals surface area contributed by atoms with Crippen LogP contribution in [0, 0.1) is 0 Å². The van der Waals surface area contributed by atoms with Crippen molar-refractivity contribution in [3.63, 3.8) is 0 Å². The van der Waals surface area contributed by atoms with Crippen molar-refractivity contribution in [3.8, 4) is 0 Å². The lowest BCUT2D eigenvalue weighted by atomic mass is 10.0. The van der Waals surface area contributed by atoms with E-state index in [1.165, 1.54) is 6.07 Å². The highest BCUT2D eigenvalue weighted by atomic mass is 35.5. The van der Waals surface area contributed by atoms with Crippen LogP contribution in [0.3, 0.4) is 0 Å². The quantitative estimate of drug-likeness (QED) is 0.533. The molecule has 20 heavy (non-hydrogen) atoms. The molecule has 0 bridgehead atoms. The van der Waals surface area contributed by atoms with Crippen LogP contribution in [0.25, 0.3) is 11.0 Å². The molecular formula is C16H9ClO3. The topological polar surface area (TPSA) is 47.3 Å². The van der Waals surface area contributed by atoms with Crippen molar-refractivity contribution in [1.29, 1.82) is 0 Å². The molecule has 3 rings (SSSR count). The lowest BCUT2D eigenvalue weighted by Crippen LogP contribution is -2.14. The summed E-state index contributed by atoms with van der Waals surface area (Å²) in [7, 11) is 0. The summed E-state index contributed by atoms with van der Waals surface area (Å²) in [6.07, 6.45) is 0. The molecule has 3 aromatic rings. The number of ketones is 1. The molecule has 1 heterocycles. The van der Waals surface area contributed by atoms with Gasteiger partial charge in [0, 0.05) is 16.0 Å². The number of hydrogen-bond donors (Lipinski definition) is 0. The Balaban J connectivity index is 2.19. The number of halogens is 1. The fraction of sp³-hybridized carbons (Fsp3) is 0. The summed E-state index contributed by atoms with van der Waals surface area (Å²) in [6, 6.07) is 15.0. The van der Waals surface area contributed by atoms with Crippen molar-refractivity contribution in [1.82, 2.24) is 0 Å². The molecule has 0 saturated carbocycles. The van der Waals surface area contributed by atoms with Crippen molar-refractivity contribution in [2.45, 2.75) is 0 Å². The van der Waals surface area contributed by atoms with Crippen molar-refractivity contribution in [2.75, 3.05) is 0 Å². The Kier molecular flexibility index (Phi) is 3.12. The summed E-state index contributed by atoms with van der Waals surface area (Å²) in [5, 5.41) is 1.14. The number of carbonyl (C=O) groups excluding carboxylic acids is 1. The summed E-state index contributed by atoms with van der Waals surface area (Å²) >= 11 is 5.90. The lowest BCUT2D eigenvalue weighted by molar-refractivity contribution is 0.103. The molecule has 0 amide bonds. The van der Waals surface area contributed by atoms with Crippen LogP contribution in [0.1, 0.15) is 15.9 Å². The van der Waals surface area contributed by atoms with E-state index in [1.54, 1.807) is 48.5 Å². The molecule has 4 heteroatoms. The highest BCUT2D eigenvalue weighted by Crippen LogP contribution is 2.19. The zero-order valence-corrected chi connectivity index (χ0v) is 11.1. The molecule has 0 radical (unpaired) electrons. The molecule has 0 unspecified atom stereocenters. The molecule has 2 aromatic carbocycles. The average molecular weight is 285 g/mol. The van der Waals surface area contributed by atoms with E-state index in [-0.39, 0.29) is 11.3 Å². The largest absolute Gasteiger partial charge is 0.422 e. The molecule has 0 fully saturated rings. The fourth-order valence-electron chi connectivity index (χ4n) is 2.00. The third-order valence-electron chi connectivity index (χ3n) is 2.97. The van der Waals surface area contributed by atoms with Crippen LogP contribution >= 0.6 is 11.6 Å². The average Bonchev–Trinajstić information content (AvgIpc) is 2.47. The van der Waals surface area contributed by atoms with Gasteiger partial charge in [0.05, 0.1) is 0 Å². The Labute approximate surface area is 119 Å². The van der Waals surface area contributed by atoms with Crippen LogP contribution in [0.15, 0.2) is 63.8 Å². The first kappa shape index (κ1) is 12.6. The first-order chi connectivity index (χ1) is 9.65. The number of carbonyl (C=O) groups is 1. The molecule has 0 atom stereocenters. The zero-order chi connectivity index (χ0) is 14.1. The van der Waals surface area contributed by atoms with Gasteiger partial charge in [-0.15, -0.1) is 0 Å². The molecule has 0 spiro atoms. The second-order valence-corrected chi connectivity index (χ2v) is 4.76.